The number of rotatable bonds is 2. The van der Waals surface area contributed by atoms with E-state index in [2.05, 4.69) is 15.2 Å². The number of carbonyl (C=O) groups excluding carboxylic acids is 1. The van der Waals surface area contributed by atoms with Crippen molar-refractivity contribution in [1.29, 1.82) is 0 Å². The van der Waals surface area contributed by atoms with E-state index in [9.17, 15) is 9.59 Å². The van der Waals surface area contributed by atoms with Crippen LogP contribution in [0.5, 0.6) is 0 Å². The van der Waals surface area contributed by atoms with Gasteiger partial charge in [-0.15, -0.1) is 0 Å². The van der Waals surface area contributed by atoms with Crippen LogP contribution in [0.1, 0.15) is 36.2 Å². The van der Waals surface area contributed by atoms with E-state index in [4.69, 9.17) is 0 Å². The summed E-state index contributed by atoms with van der Waals surface area (Å²) in [4.78, 5) is 28.4. The van der Waals surface area contributed by atoms with E-state index in [-0.39, 0.29) is 17.5 Å². The van der Waals surface area contributed by atoms with Crippen molar-refractivity contribution in [1.82, 2.24) is 15.2 Å². The van der Waals surface area contributed by atoms with Crippen molar-refractivity contribution in [2.45, 2.75) is 37.8 Å². The van der Waals surface area contributed by atoms with E-state index in [1.165, 1.54) is 18.9 Å². The summed E-state index contributed by atoms with van der Waals surface area (Å²) in [5.74, 6) is -0.171. The molecular formula is C14H19N3O2. The number of pyridine rings is 1. The van der Waals surface area contributed by atoms with Crippen LogP contribution in [0.25, 0.3) is 0 Å². The van der Waals surface area contributed by atoms with Gasteiger partial charge in [-0.25, -0.2) is 0 Å². The molecule has 1 aromatic rings. The summed E-state index contributed by atoms with van der Waals surface area (Å²) < 4.78 is 0. The minimum absolute atomic E-state index is 0.171. The number of amides is 1. The smallest absolute Gasteiger partial charge is 0.268 e. The van der Waals surface area contributed by atoms with E-state index in [0.717, 1.165) is 25.9 Å². The highest BCUT2D eigenvalue weighted by atomic mass is 16.2. The Morgan fingerprint density at radius 1 is 1.26 bits per heavy atom. The van der Waals surface area contributed by atoms with Crippen LogP contribution >= 0.6 is 0 Å². The first-order valence-electron chi connectivity index (χ1n) is 6.98. The molecule has 2 aliphatic heterocycles. The first-order chi connectivity index (χ1) is 9.24. The maximum Gasteiger partial charge on any atom is 0.268 e. The van der Waals surface area contributed by atoms with Gasteiger partial charge < -0.3 is 10.3 Å². The Kier molecular flexibility index (Phi) is 3.38. The Balaban J connectivity index is 1.68. The molecule has 0 radical (unpaired) electrons. The molecule has 2 unspecified atom stereocenters. The Morgan fingerprint density at radius 2 is 2.16 bits per heavy atom. The van der Waals surface area contributed by atoms with E-state index in [1.807, 2.05) is 0 Å². The molecule has 5 heteroatoms. The average molecular weight is 261 g/mol. The highest BCUT2D eigenvalue weighted by Gasteiger charge is 2.36. The highest BCUT2D eigenvalue weighted by Crippen LogP contribution is 2.27. The van der Waals surface area contributed by atoms with Gasteiger partial charge in [-0.05, 0) is 31.9 Å². The quantitative estimate of drug-likeness (QED) is 0.825. The summed E-state index contributed by atoms with van der Waals surface area (Å²) in [6, 6.07) is 5.36. The van der Waals surface area contributed by atoms with Crippen molar-refractivity contribution in [2.75, 3.05) is 13.1 Å². The van der Waals surface area contributed by atoms with Crippen LogP contribution in [-0.2, 0) is 0 Å². The molecule has 2 aliphatic rings. The highest BCUT2D eigenvalue weighted by molar-refractivity contribution is 5.92. The largest absolute Gasteiger partial charge is 0.346 e. The topological polar surface area (TPSA) is 65.2 Å². The molecule has 2 N–H and O–H groups in total. The van der Waals surface area contributed by atoms with Crippen LogP contribution in [0.2, 0.25) is 0 Å². The zero-order chi connectivity index (χ0) is 13.2. The molecule has 0 bridgehead atoms. The van der Waals surface area contributed by atoms with Crippen molar-refractivity contribution >= 4 is 5.91 Å². The number of aromatic nitrogens is 1. The van der Waals surface area contributed by atoms with Crippen molar-refractivity contribution in [2.24, 2.45) is 0 Å². The lowest BCUT2D eigenvalue weighted by Crippen LogP contribution is -2.47. The molecule has 1 amide bonds. The van der Waals surface area contributed by atoms with Gasteiger partial charge in [0.25, 0.3) is 5.91 Å². The van der Waals surface area contributed by atoms with Crippen LogP contribution < -0.4 is 10.9 Å². The molecule has 3 heterocycles. The average Bonchev–Trinajstić information content (AvgIpc) is 2.82. The molecule has 2 atom stereocenters. The fourth-order valence-electron chi connectivity index (χ4n) is 3.24. The molecule has 0 aromatic carbocycles. The summed E-state index contributed by atoms with van der Waals surface area (Å²) >= 11 is 0. The van der Waals surface area contributed by atoms with Crippen LogP contribution in [0.4, 0.5) is 0 Å². The summed E-state index contributed by atoms with van der Waals surface area (Å²) in [6.07, 6.45) is 4.68. The molecule has 2 fully saturated rings. The van der Waals surface area contributed by atoms with E-state index in [0.29, 0.717) is 11.7 Å². The number of nitrogens with one attached hydrogen (secondary N) is 2. The molecule has 0 spiro atoms. The Morgan fingerprint density at radius 3 is 3.00 bits per heavy atom. The number of carbonyl (C=O) groups is 1. The minimum Gasteiger partial charge on any atom is -0.346 e. The molecule has 2 saturated heterocycles. The second-order valence-corrected chi connectivity index (χ2v) is 5.40. The number of fused-ring (bicyclic) bond motifs is 1. The van der Waals surface area contributed by atoms with E-state index >= 15 is 0 Å². The van der Waals surface area contributed by atoms with Gasteiger partial charge in [-0.3, -0.25) is 14.5 Å². The molecule has 3 rings (SSSR count). The van der Waals surface area contributed by atoms with Crippen LogP contribution in [0.3, 0.4) is 0 Å². The Hall–Kier alpha value is -1.62. The molecule has 19 heavy (non-hydrogen) atoms. The van der Waals surface area contributed by atoms with Crippen LogP contribution in [0.15, 0.2) is 23.0 Å². The standard InChI is InChI=1S/C14H19N3O2/c18-13-6-3-4-11(15-13)14(19)16-10-7-9-17-8-2-1-5-12(10)17/h3-4,6,10,12H,1-2,5,7-9H2,(H,15,18)(H,16,19). The van der Waals surface area contributed by atoms with Gasteiger partial charge >= 0.3 is 0 Å². The third-order valence-corrected chi connectivity index (χ3v) is 4.19. The molecule has 1 aromatic heterocycles. The number of hydrogen-bond acceptors (Lipinski definition) is 3. The fraction of sp³-hybridized carbons (Fsp3) is 0.571. The van der Waals surface area contributed by atoms with Crippen molar-refractivity contribution in [3.63, 3.8) is 0 Å². The van der Waals surface area contributed by atoms with E-state index < -0.39 is 0 Å². The lowest BCUT2D eigenvalue weighted by Gasteiger charge is -2.32. The van der Waals surface area contributed by atoms with Gasteiger partial charge in [0.2, 0.25) is 5.56 Å². The summed E-state index contributed by atoms with van der Waals surface area (Å²) in [5.41, 5.74) is 0.111. The molecule has 0 aliphatic carbocycles. The molecule has 5 nitrogen and oxygen atoms in total. The summed E-state index contributed by atoms with van der Waals surface area (Å²) in [7, 11) is 0. The fourth-order valence-corrected chi connectivity index (χ4v) is 3.24. The van der Waals surface area contributed by atoms with Gasteiger partial charge in [0.05, 0.1) is 0 Å². The second-order valence-electron chi connectivity index (χ2n) is 5.40. The Bertz CT molecular complexity index is 525. The zero-order valence-corrected chi connectivity index (χ0v) is 10.9. The van der Waals surface area contributed by atoms with Gasteiger partial charge in [0.15, 0.2) is 0 Å². The maximum absolute atomic E-state index is 12.1. The normalized spacial score (nSPS) is 26.9. The Labute approximate surface area is 112 Å². The number of hydrogen-bond donors (Lipinski definition) is 2. The van der Waals surface area contributed by atoms with Crippen molar-refractivity contribution in [3.05, 3.63) is 34.2 Å². The van der Waals surface area contributed by atoms with Gasteiger partial charge in [0.1, 0.15) is 5.69 Å². The number of piperidine rings is 1. The number of nitrogens with zero attached hydrogens (tertiary/aromatic N) is 1. The number of H-pyrrole nitrogens is 1. The summed E-state index contributed by atoms with van der Waals surface area (Å²) in [5, 5.41) is 3.07. The van der Waals surface area contributed by atoms with Crippen molar-refractivity contribution in [3.8, 4) is 0 Å². The number of aromatic amines is 1. The first-order valence-corrected chi connectivity index (χ1v) is 6.98. The molecule has 102 valence electrons. The lowest BCUT2D eigenvalue weighted by molar-refractivity contribution is 0.0910. The van der Waals surface area contributed by atoms with Gasteiger partial charge in [0, 0.05) is 24.7 Å². The SMILES string of the molecule is O=C(NC1CCN2CCCCC12)c1cccc(=O)[nH]1. The first kappa shape index (κ1) is 12.4. The lowest BCUT2D eigenvalue weighted by atomic mass is 9.99. The maximum atomic E-state index is 12.1. The van der Waals surface area contributed by atoms with Crippen LogP contribution in [0, 0.1) is 0 Å². The zero-order valence-electron chi connectivity index (χ0n) is 10.9. The molecule has 0 saturated carbocycles. The monoisotopic (exact) mass is 261 g/mol. The van der Waals surface area contributed by atoms with Gasteiger partial charge in [-0.1, -0.05) is 12.5 Å². The predicted molar refractivity (Wildman–Crippen MR) is 72.1 cm³/mol. The third-order valence-electron chi connectivity index (χ3n) is 4.19. The van der Waals surface area contributed by atoms with E-state index in [1.54, 1.807) is 12.1 Å². The third kappa shape index (κ3) is 2.56. The van der Waals surface area contributed by atoms with Crippen LogP contribution in [-0.4, -0.2) is 41.0 Å². The van der Waals surface area contributed by atoms with Crippen molar-refractivity contribution < 1.29 is 4.79 Å². The second kappa shape index (κ2) is 5.17. The minimum atomic E-state index is -0.238. The van der Waals surface area contributed by atoms with Gasteiger partial charge in [-0.2, -0.15) is 0 Å². The predicted octanol–water partition coefficient (Wildman–Crippen LogP) is 0.731. The summed E-state index contributed by atoms with van der Waals surface area (Å²) in [6.45, 7) is 2.22. The molecular weight excluding hydrogens is 242 g/mol.